The molecule has 31 heavy (non-hydrogen) atoms. The van der Waals surface area contributed by atoms with Crippen LogP contribution in [0.15, 0.2) is 54.6 Å². The van der Waals surface area contributed by atoms with Gasteiger partial charge in [-0.2, -0.15) is 0 Å². The van der Waals surface area contributed by atoms with E-state index < -0.39 is 0 Å². The molecule has 0 spiro atoms. The van der Waals surface area contributed by atoms with Gasteiger partial charge in [0.1, 0.15) is 0 Å². The lowest BCUT2D eigenvalue weighted by molar-refractivity contribution is -0.124. The zero-order valence-electron chi connectivity index (χ0n) is 16.3. The van der Waals surface area contributed by atoms with Crippen molar-refractivity contribution in [1.29, 1.82) is 0 Å². The van der Waals surface area contributed by atoms with E-state index in [1.807, 2.05) is 0 Å². The highest BCUT2D eigenvalue weighted by molar-refractivity contribution is 6.36. The third-order valence-corrected chi connectivity index (χ3v) is 7.78. The third-order valence-electron chi connectivity index (χ3n) is 7.23. The molecule has 3 fully saturated rings. The topological polar surface area (TPSA) is 66.5 Å². The van der Waals surface area contributed by atoms with Gasteiger partial charge in [-0.3, -0.25) is 19.3 Å². The van der Waals surface area contributed by atoms with Gasteiger partial charge in [0, 0.05) is 10.6 Å². The highest BCUT2D eigenvalue weighted by Crippen LogP contribution is 2.65. The minimum absolute atomic E-state index is 0.107. The maximum atomic E-state index is 13.2. The largest absolute Gasteiger partial charge is 0.321 e. The van der Waals surface area contributed by atoms with E-state index in [1.54, 1.807) is 42.5 Å². The fourth-order valence-corrected chi connectivity index (χ4v) is 6.21. The van der Waals surface area contributed by atoms with Gasteiger partial charge in [0.25, 0.3) is 5.91 Å². The molecule has 156 valence electrons. The maximum Gasteiger partial charge on any atom is 0.255 e. The summed E-state index contributed by atoms with van der Waals surface area (Å²) in [4.78, 5) is 40.3. The van der Waals surface area contributed by atoms with Crippen molar-refractivity contribution in [1.82, 2.24) is 0 Å². The Morgan fingerprint density at radius 2 is 1.52 bits per heavy atom. The van der Waals surface area contributed by atoms with Crippen LogP contribution < -0.4 is 10.2 Å². The number of rotatable bonds is 3. The first-order valence-corrected chi connectivity index (χ1v) is 11.1. The van der Waals surface area contributed by atoms with Crippen molar-refractivity contribution >= 4 is 52.3 Å². The molecular formula is C24H18Cl2N2O3. The van der Waals surface area contributed by atoms with Crippen LogP contribution in [0.4, 0.5) is 11.4 Å². The molecule has 0 unspecified atom stereocenters. The molecule has 1 heterocycles. The van der Waals surface area contributed by atoms with Gasteiger partial charge in [-0.25, -0.2) is 0 Å². The fraction of sp³-hybridized carbons (Fsp3) is 0.292. The molecule has 0 radical (unpaired) electrons. The molecule has 2 bridgehead atoms. The van der Waals surface area contributed by atoms with Gasteiger partial charge in [0.15, 0.2) is 0 Å². The van der Waals surface area contributed by atoms with Gasteiger partial charge < -0.3 is 5.32 Å². The molecule has 7 heteroatoms. The molecule has 0 aromatic heterocycles. The molecule has 5 nitrogen and oxygen atoms in total. The summed E-state index contributed by atoms with van der Waals surface area (Å²) in [6.07, 6.45) is 5.45. The van der Waals surface area contributed by atoms with Crippen LogP contribution >= 0.6 is 23.2 Å². The number of allylic oxidation sites excluding steroid dienone is 2. The van der Waals surface area contributed by atoms with E-state index in [-0.39, 0.29) is 41.4 Å². The number of nitrogens with zero attached hydrogens (tertiary/aromatic N) is 1. The number of halogens is 2. The Bertz CT molecular complexity index is 1140. The second-order valence-electron chi connectivity index (χ2n) is 8.79. The number of imide groups is 1. The molecule has 3 amide bonds. The van der Waals surface area contributed by atoms with Gasteiger partial charge in [0.2, 0.25) is 11.8 Å². The molecule has 2 aromatic carbocycles. The lowest BCUT2D eigenvalue weighted by Crippen LogP contribution is -2.40. The summed E-state index contributed by atoms with van der Waals surface area (Å²) < 4.78 is 0. The quantitative estimate of drug-likeness (QED) is 0.536. The van der Waals surface area contributed by atoms with Crippen LogP contribution in [0, 0.1) is 35.5 Å². The summed E-state index contributed by atoms with van der Waals surface area (Å²) in [5, 5.41) is 3.57. The van der Waals surface area contributed by atoms with E-state index in [0.717, 1.165) is 6.42 Å². The van der Waals surface area contributed by atoms with Gasteiger partial charge in [0.05, 0.1) is 28.2 Å². The van der Waals surface area contributed by atoms with Gasteiger partial charge >= 0.3 is 0 Å². The first kappa shape index (κ1) is 19.1. The summed E-state index contributed by atoms with van der Waals surface area (Å²) in [6, 6.07) is 11.4. The van der Waals surface area contributed by atoms with Gasteiger partial charge in [-0.15, -0.1) is 0 Å². The Hall–Kier alpha value is -2.63. The van der Waals surface area contributed by atoms with Crippen LogP contribution in [-0.4, -0.2) is 17.7 Å². The number of benzene rings is 2. The Morgan fingerprint density at radius 1 is 0.903 bits per heavy atom. The third kappa shape index (κ3) is 2.80. The minimum atomic E-state index is -0.342. The van der Waals surface area contributed by atoms with Crippen molar-refractivity contribution in [2.45, 2.75) is 6.42 Å². The number of amides is 3. The molecule has 2 saturated carbocycles. The van der Waals surface area contributed by atoms with Crippen LogP contribution in [0.1, 0.15) is 16.8 Å². The fourth-order valence-electron chi connectivity index (χ4n) is 5.76. The molecule has 1 aliphatic heterocycles. The average Bonchev–Trinajstić information content (AvgIpc) is 3.54. The number of anilines is 2. The zero-order chi connectivity index (χ0) is 21.4. The smallest absolute Gasteiger partial charge is 0.255 e. The molecule has 2 aromatic rings. The SMILES string of the molecule is O=C(Nc1ccc(Cl)cc1Cl)c1ccc(N2C(=O)[C@H]3[C@@H]4C=C[C@H]([C@H]5C[C@H]45)[C@@H]3C2=O)cc1. The van der Waals surface area contributed by atoms with Crippen molar-refractivity contribution in [3.8, 4) is 0 Å². The minimum Gasteiger partial charge on any atom is -0.321 e. The maximum absolute atomic E-state index is 13.2. The Kier molecular flexibility index (Phi) is 4.11. The van der Waals surface area contributed by atoms with Crippen molar-refractivity contribution in [3.63, 3.8) is 0 Å². The molecule has 4 aliphatic carbocycles. The van der Waals surface area contributed by atoms with E-state index in [0.29, 0.717) is 38.8 Å². The zero-order valence-corrected chi connectivity index (χ0v) is 17.8. The van der Waals surface area contributed by atoms with Gasteiger partial charge in [-0.05, 0) is 72.6 Å². The van der Waals surface area contributed by atoms with Crippen LogP contribution in [0.3, 0.4) is 0 Å². The summed E-state index contributed by atoms with van der Waals surface area (Å²) in [5.41, 5.74) is 1.36. The van der Waals surface area contributed by atoms with E-state index in [1.165, 1.54) is 4.90 Å². The lowest BCUT2D eigenvalue weighted by Gasteiger charge is -2.37. The molecule has 1 N–H and O–H groups in total. The first-order chi connectivity index (χ1) is 14.9. The van der Waals surface area contributed by atoms with Gasteiger partial charge in [-0.1, -0.05) is 35.4 Å². The molecule has 5 aliphatic rings. The average molecular weight is 453 g/mol. The second-order valence-corrected chi connectivity index (χ2v) is 9.64. The molecule has 7 rings (SSSR count). The van der Waals surface area contributed by atoms with Crippen molar-refractivity contribution in [3.05, 3.63) is 70.2 Å². The Labute approximate surface area is 189 Å². The highest BCUT2D eigenvalue weighted by atomic mass is 35.5. The second kappa shape index (κ2) is 6.68. The van der Waals surface area contributed by atoms with E-state index in [4.69, 9.17) is 23.2 Å². The predicted octanol–water partition coefficient (Wildman–Crippen LogP) is 4.80. The Balaban J connectivity index is 1.23. The monoisotopic (exact) mass is 452 g/mol. The summed E-state index contributed by atoms with van der Waals surface area (Å²) in [6.45, 7) is 0. The standard InChI is InChI=1S/C24H18Cl2N2O3/c25-12-3-8-19(18(26)9-12)27-22(29)11-1-4-13(5-2-11)28-23(30)20-14-6-7-15(17-10-16(14)17)21(20)24(28)31/h1-9,14-17,20-21H,10H2,(H,27,29)/t14-,15-,16-,17-,20+,21+/m1/s1. The summed E-state index contributed by atoms with van der Waals surface area (Å²) >= 11 is 12.0. The Morgan fingerprint density at radius 3 is 2.10 bits per heavy atom. The number of hydrogen-bond acceptors (Lipinski definition) is 3. The van der Waals surface area contributed by atoms with Crippen LogP contribution in [0.25, 0.3) is 0 Å². The number of hydrogen-bond donors (Lipinski definition) is 1. The summed E-state index contributed by atoms with van der Waals surface area (Å²) in [5.74, 6) is 0.492. The highest BCUT2D eigenvalue weighted by Gasteiger charge is 2.67. The van der Waals surface area contributed by atoms with E-state index >= 15 is 0 Å². The van der Waals surface area contributed by atoms with E-state index in [9.17, 15) is 14.4 Å². The van der Waals surface area contributed by atoms with Crippen molar-refractivity contribution < 1.29 is 14.4 Å². The number of carbonyl (C=O) groups excluding carboxylic acids is 3. The molecule has 1 saturated heterocycles. The first-order valence-electron chi connectivity index (χ1n) is 10.4. The lowest BCUT2D eigenvalue weighted by atomic mass is 9.63. The molecule has 6 atom stereocenters. The van der Waals surface area contributed by atoms with E-state index in [2.05, 4.69) is 17.5 Å². The van der Waals surface area contributed by atoms with Crippen LogP contribution in [0.2, 0.25) is 10.0 Å². The summed E-state index contributed by atoms with van der Waals surface area (Å²) in [7, 11) is 0. The normalized spacial score (nSPS) is 32.1. The van der Waals surface area contributed by atoms with Crippen LogP contribution in [0.5, 0.6) is 0 Å². The number of carbonyl (C=O) groups is 3. The van der Waals surface area contributed by atoms with Crippen LogP contribution in [-0.2, 0) is 9.59 Å². The molecular weight excluding hydrogens is 435 g/mol. The number of nitrogens with one attached hydrogen (secondary N) is 1. The van der Waals surface area contributed by atoms with Crippen molar-refractivity contribution in [2.75, 3.05) is 10.2 Å². The predicted molar refractivity (Wildman–Crippen MR) is 118 cm³/mol. The van der Waals surface area contributed by atoms with Crippen molar-refractivity contribution in [2.24, 2.45) is 35.5 Å².